The van der Waals surface area contributed by atoms with Crippen molar-refractivity contribution in [2.45, 2.75) is 16.7 Å². The number of aromatic nitrogens is 2. The first-order valence-electron chi connectivity index (χ1n) is 6.39. The predicted octanol–water partition coefficient (Wildman–Crippen LogP) is 6.05. The Kier molecular flexibility index (Phi) is 4.88. The topological polar surface area (TPSA) is 37.8 Å². The molecule has 3 rings (SSSR count). The average Bonchev–Trinajstić information content (AvgIpc) is 2.89. The Hall–Kier alpha value is -1.27. The molecule has 0 fully saturated rings. The van der Waals surface area contributed by atoms with Gasteiger partial charge in [-0.1, -0.05) is 41.0 Å². The van der Waals surface area contributed by atoms with Crippen LogP contribution in [0.4, 0.5) is 10.9 Å². The molecular formula is C15H11Cl2N3S2. The monoisotopic (exact) mass is 367 g/mol. The summed E-state index contributed by atoms with van der Waals surface area (Å²) in [5.74, 6) is 0.738. The van der Waals surface area contributed by atoms with E-state index >= 15 is 0 Å². The van der Waals surface area contributed by atoms with E-state index in [0.29, 0.717) is 10.0 Å². The van der Waals surface area contributed by atoms with Crippen LogP contribution in [0.2, 0.25) is 10.0 Å². The van der Waals surface area contributed by atoms with Gasteiger partial charge in [0.05, 0.1) is 15.7 Å². The molecule has 2 heterocycles. The van der Waals surface area contributed by atoms with E-state index < -0.39 is 0 Å². The van der Waals surface area contributed by atoms with Crippen LogP contribution in [0.15, 0.2) is 51.7 Å². The van der Waals surface area contributed by atoms with E-state index in [0.717, 1.165) is 26.4 Å². The van der Waals surface area contributed by atoms with Gasteiger partial charge in [0, 0.05) is 21.4 Å². The molecule has 0 unspecified atom stereocenters. The molecule has 3 nitrogen and oxygen atoms in total. The fourth-order valence-electron chi connectivity index (χ4n) is 1.76. The molecule has 0 spiro atoms. The second kappa shape index (κ2) is 6.87. The summed E-state index contributed by atoms with van der Waals surface area (Å²) in [7, 11) is 0. The highest BCUT2D eigenvalue weighted by Crippen LogP contribution is 2.38. The van der Waals surface area contributed by atoms with Crippen LogP contribution in [0.25, 0.3) is 0 Å². The summed E-state index contributed by atoms with van der Waals surface area (Å²) < 4.78 is 0. The lowest BCUT2D eigenvalue weighted by atomic mass is 10.4. The van der Waals surface area contributed by atoms with Crippen LogP contribution < -0.4 is 5.32 Å². The van der Waals surface area contributed by atoms with Crippen molar-refractivity contribution in [1.82, 2.24) is 9.97 Å². The molecule has 0 saturated carbocycles. The third-order valence-corrected chi connectivity index (χ3v) is 5.59. The first kappa shape index (κ1) is 15.6. The first-order valence-corrected chi connectivity index (χ1v) is 8.84. The van der Waals surface area contributed by atoms with Crippen LogP contribution >= 0.6 is 46.3 Å². The van der Waals surface area contributed by atoms with E-state index in [1.807, 2.05) is 42.6 Å². The quantitative estimate of drug-likeness (QED) is 0.608. The number of benzene rings is 1. The van der Waals surface area contributed by atoms with Crippen LogP contribution in [0, 0.1) is 6.92 Å². The summed E-state index contributed by atoms with van der Waals surface area (Å²) >= 11 is 15.5. The third kappa shape index (κ3) is 3.73. The van der Waals surface area contributed by atoms with Gasteiger partial charge >= 0.3 is 0 Å². The lowest BCUT2D eigenvalue weighted by Gasteiger charge is -2.08. The molecule has 0 aliphatic carbocycles. The van der Waals surface area contributed by atoms with Crippen LogP contribution in [0.1, 0.15) is 5.69 Å². The molecule has 2 aromatic heterocycles. The molecule has 0 saturated heterocycles. The Balaban J connectivity index is 1.82. The van der Waals surface area contributed by atoms with E-state index in [9.17, 15) is 0 Å². The zero-order chi connectivity index (χ0) is 15.5. The predicted molar refractivity (Wildman–Crippen MR) is 95.0 cm³/mol. The number of hydrogen-bond donors (Lipinski definition) is 1. The minimum atomic E-state index is 0.638. The van der Waals surface area contributed by atoms with Crippen LogP contribution in [-0.2, 0) is 0 Å². The summed E-state index contributed by atoms with van der Waals surface area (Å²) in [6.45, 7) is 1.96. The maximum Gasteiger partial charge on any atom is 0.188 e. The number of hydrogen-bond acceptors (Lipinski definition) is 5. The van der Waals surface area contributed by atoms with Crippen LogP contribution in [0.3, 0.4) is 0 Å². The van der Waals surface area contributed by atoms with E-state index in [-0.39, 0.29) is 0 Å². The average molecular weight is 368 g/mol. The molecule has 0 amide bonds. The Morgan fingerprint density at radius 2 is 1.95 bits per heavy atom. The largest absolute Gasteiger partial charge is 0.316 e. The molecule has 7 heteroatoms. The van der Waals surface area contributed by atoms with Crippen molar-refractivity contribution in [2.75, 3.05) is 5.32 Å². The summed E-state index contributed by atoms with van der Waals surface area (Å²) in [6, 6.07) is 9.35. The van der Waals surface area contributed by atoms with E-state index in [1.165, 1.54) is 11.8 Å². The maximum atomic E-state index is 6.21. The van der Waals surface area contributed by atoms with Gasteiger partial charge < -0.3 is 5.32 Å². The fourth-order valence-corrected chi connectivity index (χ4v) is 3.95. The van der Waals surface area contributed by atoms with E-state index in [1.54, 1.807) is 17.5 Å². The lowest BCUT2D eigenvalue weighted by molar-refractivity contribution is 1.22. The fraction of sp³-hybridized carbons (Fsp3) is 0.0667. The van der Waals surface area contributed by atoms with Gasteiger partial charge in [-0.2, -0.15) is 0 Å². The minimum Gasteiger partial charge on any atom is -0.316 e. The second-order valence-electron chi connectivity index (χ2n) is 4.45. The molecule has 0 aliphatic heterocycles. The van der Waals surface area contributed by atoms with E-state index in [4.69, 9.17) is 23.2 Å². The SMILES string of the molecule is Cc1csc(Nc2cc(Sc3c(Cl)cccc3Cl)ccn2)n1. The zero-order valence-corrected chi connectivity index (χ0v) is 14.7. The Bertz CT molecular complexity index is 785. The number of thiazole rings is 1. The van der Waals surface area contributed by atoms with Crippen molar-refractivity contribution in [3.8, 4) is 0 Å². The van der Waals surface area contributed by atoms with Gasteiger partial charge in [-0.05, 0) is 31.2 Å². The minimum absolute atomic E-state index is 0.638. The third-order valence-electron chi connectivity index (χ3n) is 2.72. The lowest BCUT2D eigenvalue weighted by Crippen LogP contribution is -1.92. The number of aryl methyl sites for hydroxylation is 1. The molecule has 0 radical (unpaired) electrons. The normalized spacial score (nSPS) is 10.7. The van der Waals surface area contributed by atoms with Gasteiger partial charge in [0.1, 0.15) is 5.82 Å². The Morgan fingerprint density at radius 1 is 1.18 bits per heavy atom. The van der Waals surface area contributed by atoms with Gasteiger partial charge in [-0.15, -0.1) is 11.3 Å². The van der Waals surface area contributed by atoms with Gasteiger partial charge in [0.15, 0.2) is 5.13 Å². The number of nitrogens with zero attached hydrogens (tertiary/aromatic N) is 2. The van der Waals surface area contributed by atoms with Gasteiger partial charge in [0.2, 0.25) is 0 Å². The molecule has 3 aromatic rings. The molecule has 0 bridgehead atoms. The molecule has 0 aliphatic rings. The van der Waals surface area contributed by atoms with Crippen molar-refractivity contribution >= 4 is 57.2 Å². The smallest absolute Gasteiger partial charge is 0.188 e. The highest BCUT2D eigenvalue weighted by Gasteiger charge is 2.08. The van der Waals surface area contributed by atoms with Crippen molar-refractivity contribution in [3.63, 3.8) is 0 Å². The van der Waals surface area contributed by atoms with Gasteiger partial charge in [-0.25, -0.2) is 9.97 Å². The highest BCUT2D eigenvalue weighted by atomic mass is 35.5. The number of rotatable bonds is 4. The summed E-state index contributed by atoms with van der Waals surface area (Å²) in [5, 5.41) is 7.29. The summed E-state index contributed by atoms with van der Waals surface area (Å²) in [6.07, 6.45) is 1.75. The molecule has 0 atom stereocenters. The standard InChI is InChI=1S/C15H11Cl2N3S2/c1-9-8-21-15(19-9)20-13-7-10(5-6-18-13)22-14-11(16)3-2-4-12(14)17/h2-8H,1H3,(H,18,19,20). The highest BCUT2D eigenvalue weighted by molar-refractivity contribution is 7.99. The molecule has 22 heavy (non-hydrogen) atoms. The number of halogens is 2. The van der Waals surface area contributed by atoms with Crippen molar-refractivity contribution in [3.05, 3.63) is 57.6 Å². The number of anilines is 2. The van der Waals surface area contributed by atoms with Crippen LogP contribution in [0.5, 0.6) is 0 Å². The van der Waals surface area contributed by atoms with Gasteiger partial charge in [-0.3, -0.25) is 0 Å². The second-order valence-corrected chi connectivity index (χ2v) is 7.20. The van der Waals surface area contributed by atoms with Crippen molar-refractivity contribution < 1.29 is 0 Å². The van der Waals surface area contributed by atoms with Gasteiger partial charge in [0.25, 0.3) is 0 Å². The molecular weight excluding hydrogens is 357 g/mol. The Labute approximate surface area is 146 Å². The number of pyridine rings is 1. The summed E-state index contributed by atoms with van der Waals surface area (Å²) in [5.41, 5.74) is 0.987. The number of nitrogens with one attached hydrogen (secondary N) is 1. The maximum absolute atomic E-state index is 6.21. The summed E-state index contributed by atoms with van der Waals surface area (Å²) in [4.78, 5) is 10.5. The van der Waals surface area contributed by atoms with Crippen molar-refractivity contribution in [2.24, 2.45) is 0 Å². The molecule has 1 N–H and O–H groups in total. The zero-order valence-electron chi connectivity index (χ0n) is 11.5. The van der Waals surface area contributed by atoms with Crippen molar-refractivity contribution in [1.29, 1.82) is 0 Å². The molecule has 1 aromatic carbocycles. The van der Waals surface area contributed by atoms with Crippen LogP contribution in [-0.4, -0.2) is 9.97 Å². The first-order chi connectivity index (χ1) is 10.6. The molecule has 112 valence electrons. The van der Waals surface area contributed by atoms with E-state index in [2.05, 4.69) is 15.3 Å². The Morgan fingerprint density at radius 3 is 2.64 bits per heavy atom.